The van der Waals surface area contributed by atoms with Gasteiger partial charge in [-0.1, -0.05) is 24.3 Å². The summed E-state index contributed by atoms with van der Waals surface area (Å²) >= 11 is 0. The van der Waals surface area contributed by atoms with Crippen molar-refractivity contribution in [2.45, 2.75) is 26.9 Å². The van der Waals surface area contributed by atoms with E-state index in [0.717, 1.165) is 23.5 Å². The molecule has 0 fully saturated rings. The first-order valence-corrected chi connectivity index (χ1v) is 9.68. The van der Waals surface area contributed by atoms with Gasteiger partial charge in [0.05, 0.1) is 31.8 Å². The Kier molecular flexibility index (Phi) is 9.46. The third-order valence-corrected chi connectivity index (χ3v) is 4.17. The average Bonchev–Trinajstić information content (AvgIpc) is 3.22. The molecule has 0 aliphatic heterocycles. The fraction of sp³-hybridized carbons (Fsp3) is 0.273. The summed E-state index contributed by atoms with van der Waals surface area (Å²) in [5.41, 5.74) is 9.12. The summed E-state index contributed by atoms with van der Waals surface area (Å²) in [6, 6.07) is 13.9. The zero-order valence-electron chi connectivity index (χ0n) is 17.2. The van der Waals surface area contributed by atoms with E-state index in [2.05, 4.69) is 27.4 Å². The number of halogens is 1. The lowest BCUT2D eigenvalue weighted by Gasteiger charge is -2.14. The molecule has 3 rings (SSSR count). The molecule has 160 valence electrons. The second kappa shape index (κ2) is 12.1. The van der Waals surface area contributed by atoms with E-state index in [1.807, 2.05) is 54.9 Å². The molecule has 0 saturated heterocycles. The lowest BCUT2D eigenvalue weighted by Crippen LogP contribution is -2.23. The molecule has 0 bridgehead atoms. The Morgan fingerprint density at radius 1 is 1.10 bits per heavy atom. The van der Waals surface area contributed by atoms with Crippen molar-refractivity contribution in [2.75, 3.05) is 18.5 Å². The van der Waals surface area contributed by atoms with Crippen LogP contribution in [-0.4, -0.2) is 28.7 Å². The number of rotatable bonds is 9. The second-order valence-corrected chi connectivity index (χ2v) is 6.41. The number of nitrogens with one attached hydrogen (secondary N) is 1. The number of ether oxygens (including phenoxy) is 2. The van der Waals surface area contributed by atoms with E-state index in [-0.39, 0.29) is 24.0 Å². The van der Waals surface area contributed by atoms with Gasteiger partial charge in [-0.15, -0.1) is 24.0 Å². The van der Waals surface area contributed by atoms with Crippen LogP contribution in [0.15, 0.2) is 66.2 Å². The normalized spacial score (nSPS) is 10.9. The van der Waals surface area contributed by atoms with Gasteiger partial charge in [-0.05, 0) is 37.1 Å². The Balaban J connectivity index is 0.00000320. The molecule has 1 aromatic heterocycles. The van der Waals surface area contributed by atoms with Crippen LogP contribution in [0, 0.1) is 0 Å². The van der Waals surface area contributed by atoms with E-state index >= 15 is 0 Å². The highest BCUT2D eigenvalue weighted by Gasteiger charge is 2.07. The minimum atomic E-state index is 0. The molecule has 8 heteroatoms. The van der Waals surface area contributed by atoms with Crippen molar-refractivity contribution in [2.24, 2.45) is 10.7 Å². The van der Waals surface area contributed by atoms with E-state index in [9.17, 15) is 0 Å². The summed E-state index contributed by atoms with van der Waals surface area (Å²) < 4.78 is 13.3. The molecule has 0 atom stereocenters. The van der Waals surface area contributed by atoms with Crippen molar-refractivity contribution in [1.82, 2.24) is 9.55 Å². The standard InChI is InChI=1S/C22H27N5O2.HI/c1-3-28-19-8-9-21(29-4-2)20(13-19)26-22(23)25-14-17-6-5-7-18(12-17)15-27-11-10-24-16-27;/h5-13,16H,3-4,14-15H2,1-2H3,(H3,23,25,26);1H. The largest absolute Gasteiger partial charge is 0.494 e. The van der Waals surface area contributed by atoms with Crippen LogP contribution in [0.3, 0.4) is 0 Å². The van der Waals surface area contributed by atoms with Crippen LogP contribution < -0.4 is 20.5 Å². The lowest BCUT2D eigenvalue weighted by molar-refractivity contribution is 0.332. The minimum absolute atomic E-state index is 0. The number of benzene rings is 2. The first-order valence-electron chi connectivity index (χ1n) is 9.68. The number of imidazole rings is 1. The number of nitrogens with two attached hydrogens (primary N) is 1. The molecule has 3 aromatic rings. The molecule has 0 spiro atoms. The zero-order valence-corrected chi connectivity index (χ0v) is 19.6. The predicted molar refractivity (Wildman–Crippen MR) is 131 cm³/mol. The number of aliphatic imine (C=N–C) groups is 1. The Bertz CT molecular complexity index is 944. The summed E-state index contributed by atoms with van der Waals surface area (Å²) in [6.07, 6.45) is 5.52. The molecule has 30 heavy (non-hydrogen) atoms. The van der Waals surface area contributed by atoms with Crippen LogP contribution in [0.4, 0.5) is 5.69 Å². The Labute approximate surface area is 194 Å². The molecule has 0 saturated carbocycles. The Morgan fingerprint density at radius 3 is 2.63 bits per heavy atom. The van der Waals surface area contributed by atoms with E-state index < -0.39 is 0 Å². The molecular weight excluding hydrogens is 493 g/mol. The van der Waals surface area contributed by atoms with Crippen LogP contribution >= 0.6 is 24.0 Å². The van der Waals surface area contributed by atoms with Gasteiger partial charge < -0.3 is 25.1 Å². The van der Waals surface area contributed by atoms with Crippen molar-refractivity contribution in [3.05, 3.63) is 72.3 Å². The van der Waals surface area contributed by atoms with Crippen LogP contribution in [0.25, 0.3) is 0 Å². The van der Waals surface area contributed by atoms with Gasteiger partial charge in [-0.3, -0.25) is 0 Å². The summed E-state index contributed by atoms with van der Waals surface area (Å²) in [7, 11) is 0. The fourth-order valence-electron chi connectivity index (χ4n) is 2.92. The molecular formula is C22H28IN5O2. The van der Waals surface area contributed by atoms with Gasteiger partial charge in [-0.25, -0.2) is 9.98 Å². The minimum Gasteiger partial charge on any atom is -0.494 e. The van der Waals surface area contributed by atoms with Crippen LogP contribution in [0.5, 0.6) is 11.5 Å². The Hall–Kier alpha value is -2.75. The average molecular weight is 521 g/mol. The third kappa shape index (κ3) is 6.94. The maximum Gasteiger partial charge on any atom is 0.193 e. The van der Waals surface area contributed by atoms with Crippen molar-refractivity contribution < 1.29 is 9.47 Å². The van der Waals surface area contributed by atoms with Gasteiger partial charge >= 0.3 is 0 Å². The molecule has 0 unspecified atom stereocenters. The van der Waals surface area contributed by atoms with Crippen LogP contribution in [0.2, 0.25) is 0 Å². The van der Waals surface area contributed by atoms with E-state index in [1.54, 1.807) is 12.5 Å². The van der Waals surface area contributed by atoms with E-state index in [4.69, 9.17) is 15.2 Å². The number of hydrogen-bond acceptors (Lipinski definition) is 4. The molecule has 0 aliphatic carbocycles. The first-order chi connectivity index (χ1) is 14.2. The highest BCUT2D eigenvalue weighted by Crippen LogP contribution is 2.29. The van der Waals surface area contributed by atoms with Crippen molar-refractivity contribution in [1.29, 1.82) is 0 Å². The highest BCUT2D eigenvalue weighted by molar-refractivity contribution is 14.0. The maximum atomic E-state index is 6.12. The van der Waals surface area contributed by atoms with Crippen LogP contribution in [-0.2, 0) is 13.1 Å². The number of hydrogen-bond donors (Lipinski definition) is 2. The first kappa shape index (κ1) is 23.5. The molecule has 1 heterocycles. The summed E-state index contributed by atoms with van der Waals surface area (Å²) in [6.45, 7) is 6.28. The predicted octanol–water partition coefficient (Wildman–Crippen LogP) is 4.27. The summed E-state index contributed by atoms with van der Waals surface area (Å²) in [5.74, 6) is 1.77. The molecule has 2 aromatic carbocycles. The second-order valence-electron chi connectivity index (χ2n) is 6.41. The molecule has 3 N–H and O–H groups in total. The van der Waals surface area contributed by atoms with Gasteiger partial charge in [0, 0.05) is 25.0 Å². The molecule has 7 nitrogen and oxygen atoms in total. The fourth-order valence-corrected chi connectivity index (χ4v) is 2.92. The summed E-state index contributed by atoms with van der Waals surface area (Å²) in [5, 5.41) is 3.13. The highest BCUT2D eigenvalue weighted by atomic mass is 127. The number of aromatic nitrogens is 2. The zero-order chi connectivity index (χ0) is 20.5. The van der Waals surface area contributed by atoms with Gasteiger partial charge in [-0.2, -0.15) is 0 Å². The van der Waals surface area contributed by atoms with Crippen molar-refractivity contribution in [3.63, 3.8) is 0 Å². The number of nitrogens with zero attached hydrogens (tertiary/aromatic N) is 3. The van der Waals surface area contributed by atoms with Gasteiger partial charge in [0.2, 0.25) is 0 Å². The number of anilines is 1. The Morgan fingerprint density at radius 2 is 1.90 bits per heavy atom. The SMILES string of the molecule is CCOc1ccc(OCC)c(NC(N)=NCc2cccc(Cn3ccnc3)c2)c1.I. The number of guanidine groups is 1. The van der Waals surface area contributed by atoms with Gasteiger partial charge in [0.15, 0.2) is 5.96 Å². The quantitative estimate of drug-likeness (QED) is 0.250. The smallest absolute Gasteiger partial charge is 0.193 e. The third-order valence-electron chi connectivity index (χ3n) is 4.17. The lowest BCUT2D eigenvalue weighted by atomic mass is 10.1. The van der Waals surface area contributed by atoms with Gasteiger partial charge in [0.1, 0.15) is 11.5 Å². The monoisotopic (exact) mass is 521 g/mol. The molecule has 0 amide bonds. The van der Waals surface area contributed by atoms with E-state index in [1.165, 1.54) is 5.56 Å². The summed E-state index contributed by atoms with van der Waals surface area (Å²) in [4.78, 5) is 8.55. The maximum absolute atomic E-state index is 6.12. The van der Waals surface area contributed by atoms with Crippen molar-refractivity contribution in [3.8, 4) is 11.5 Å². The van der Waals surface area contributed by atoms with Crippen molar-refractivity contribution >= 4 is 35.6 Å². The van der Waals surface area contributed by atoms with Crippen LogP contribution in [0.1, 0.15) is 25.0 Å². The van der Waals surface area contributed by atoms with Gasteiger partial charge in [0.25, 0.3) is 0 Å². The molecule has 0 radical (unpaired) electrons. The molecule has 0 aliphatic rings. The van der Waals surface area contributed by atoms with E-state index in [0.29, 0.717) is 31.5 Å². The topological polar surface area (TPSA) is 86.7 Å².